The van der Waals surface area contributed by atoms with Gasteiger partial charge in [0.15, 0.2) is 0 Å². The number of nitrogens with zero attached hydrogens (tertiary/aromatic N) is 1. The maximum absolute atomic E-state index is 11.8. The van der Waals surface area contributed by atoms with Gasteiger partial charge in [0.1, 0.15) is 0 Å². The summed E-state index contributed by atoms with van der Waals surface area (Å²) in [4.78, 5) is 11.8. The highest BCUT2D eigenvalue weighted by Gasteiger charge is 2.14. The summed E-state index contributed by atoms with van der Waals surface area (Å²) in [5.41, 5.74) is 10.5. The minimum absolute atomic E-state index is 0.180. The van der Waals surface area contributed by atoms with Crippen LogP contribution >= 0.6 is 0 Å². The van der Waals surface area contributed by atoms with Gasteiger partial charge in [0, 0.05) is 17.0 Å². The fraction of sp³-hybridized carbons (Fsp3) is 0.429. The van der Waals surface area contributed by atoms with Crippen LogP contribution in [-0.4, -0.2) is 11.6 Å². The molecule has 1 atom stereocenters. The summed E-state index contributed by atoms with van der Waals surface area (Å²) in [6, 6.07) is 6.83. The van der Waals surface area contributed by atoms with Crippen LogP contribution in [-0.2, 0) is 0 Å². The highest BCUT2D eigenvalue weighted by molar-refractivity contribution is 5.95. The van der Waals surface area contributed by atoms with Crippen molar-refractivity contribution in [3.8, 4) is 0 Å². The number of rotatable bonds is 2. The van der Waals surface area contributed by atoms with Gasteiger partial charge in [0.05, 0.1) is 0 Å². The Hall–Kier alpha value is -1.84. The van der Waals surface area contributed by atoms with Crippen LogP contribution in [0.5, 0.6) is 0 Å². The Bertz CT molecular complexity index is 451. The zero-order valence-corrected chi connectivity index (χ0v) is 10.6. The van der Waals surface area contributed by atoms with E-state index in [4.69, 9.17) is 5.73 Å². The van der Waals surface area contributed by atoms with Crippen molar-refractivity contribution < 1.29 is 4.79 Å². The maximum atomic E-state index is 11.8. The number of benzene rings is 1. The Labute approximate surface area is 107 Å². The maximum Gasteiger partial charge on any atom is 0.271 e. The molecule has 4 heteroatoms. The highest BCUT2D eigenvalue weighted by atomic mass is 16.2. The standard InChI is InChI=1S/C14H19N3O/c1-10-3-2-4-13(9-10)16-17-14(18)11-5-7-12(15)8-6-11/h5-8,10H,2-4,9,15H2,1H3,(H,17,18)/b16-13-/t10-/m1/s1. The average molecular weight is 245 g/mol. The fourth-order valence-corrected chi connectivity index (χ4v) is 2.19. The second-order valence-corrected chi connectivity index (χ2v) is 4.94. The fourth-order valence-electron chi connectivity index (χ4n) is 2.19. The molecule has 0 spiro atoms. The third-order valence-electron chi connectivity index (χ3n) is 3.23. The Morgan fingerprint density at radius 2 is 2.11 bits per heavy atom. The van der Waals surface area contributed by atoms with Crippen LogP contribution in [0.15, 0.2) is 29.4 Å². The molecule has 0 heterocycles. The number of nitrogens with two attached hydrogens (primary N) is 1. The van der Waals surface area contributed by atoms with Crippen molar-refractivity contribution in [3.63, 3.8) is 0 Å². The second kappa shape index (κ2) is 5.67. The van der Waals surface area contributed by atoms with Crippen LogP contribution in [0.25, 0.3) is 0 Å². The molecule has 2 rings (SSSR count). The van der Waals surface area contributed by atoms with E-state index in [1.165, 1.54) is 6.42 Å². The number of carbonyl (C=O) groups is 1. The number of hydrazone groups is 1. The van der Waals surface area contributed by atoms with Gasteiger partial charge in [0.25, 0.3) is 5.91 Å². The SMILES string of the molecule is C[C@@H]1CCC/C(=N/NC(=O)c2ccc(N)cc2)C1. The van der Waals surface area contributed by atoms with Crippen LogP contribution in [0.2, 0.25) is 0 Å². The largest absolute Gasteiger partial charge is 0.399 e. The highest BCUT2D eigenvalue weighted by Crippen LogP contribution is 2.20. The van der Waals surface area contributed by atoms with E-state index in [9.17, 15) is 4.79 Å². The molecule has 0 aliphatic heterocycles. The molecule has 0 radical (unpaired) electrons. The number of hydrogen-bond acceptors (Lipinski definition) is 3. The van der Waals surface area contributed by atoms with Crippen molar-refractivity contribution in [2.75, 3.05) is 5.73 Å². The van der Waals surface area contributed by atoms with Crippen molar-refractivity contribution in [2.45, 2.75) is 32.6 Å². The lowest BCUT2D eigenvalue weighted by atomic mass is 9.89. The summed E-state index contributed by atoms with van der Waals surface area (Å²) in [5, 5.41) is 4.22. The summed E-state index contributed by atoms with van der Waals surface area (Å²) < 4.78 is 0. The van der Waals surface area contributed by atoms with Gasteiger partial charge in [-0.05, 0) is 55.9 Å². The van der Waals surface area contributed by atoms with Gasteiger partial charge >= 0.3 is 0 Å². The average Bonchev–Trinajstić information content (AvgIpc) is 2.37. The molecule has 1 aliphatic rings. The second-order valence-electron chi connectivity index (χ2n) is 4.94. The number of nitrogen functional groups attached to an aromatic ring is 1. The molecule has 4 nitrogen and oxygen atoms in total. The molecule has 1 aromatic rings. The van der Waals surface area contributed by atoms with Crippen molar-refractivity contribution >= 4 is 17.3 Å². The van der Waals surface area contributed by atoms with Crippen LogP contribution in [0.3, 0.4) is 0 Å². The number of hydrogen-bond donors (Lipinski definition) is 2. The summed E-state index contributed by atoms with van der Waals surface area (Å²) in [5.74, 6) is 0.492. The molecule has 1 saturated carbocycles. The number of anilines is 1. The summed E-state index contributed by atoms with van der Waals surface area (Å²) in [6.45, 7) is 2.22. The topological polar surface area (TPSA) is 67.5 Å². The van der Waals surface area contributed by atoms with Gasteiger partial charge in [-0.2, -0.15) is 5.10 Å². The predicted octanol–water partition coefficient (Wildman–Crippen LogP) is 2.56. The van der Waals surface area contributed by atoms with Crippen LogP contribution < -0.4 is 11.2 Å². The van der Waals surface area contributed by atoms with Crippen LogP contribution in [0.4, 0.5) is 5.69 Å². The first-order chi connectivity index (χ1) is 8.65. The normalized spacial score (nSPS) is 21.8. The van der Waals surface area contributed by atoms with E-state index in [0.717, 1.165) is 25.0 Å². The Balaban J connectivity index is 1.95. The zero-order chi connectivity index (χ0) is 13.0. The Morgan fingerprint density at radius 1 is 1.39 bits per heavy atom. The van der Waals surface area contributed by atoms with E-state index in [-0.39, 0.29) is 5.91 Å². The van der Waals surface area contributed by atoms with Gasteiger partial charge in [-0.1, -0.05) is 6.92 Å². The van der Waals surface area contributed by atoms with E-state index >= 15 is 0 Å². The molecule has 0 saturated heterocycles. The third kappa shape index (κ3) is 3.32. The summed E-state index contributed by atoms with van der Waals surface area (Å²) in [6.07, 6.45) is 4.40. The van der Waals surface area contributed by atoms with Gasteiger partial charge in [-0.3, -0.25) is 4.79 Å². The molecular formula is C14H19N3O. The monoisotopic (exact) mass is 245 g/mol. The molecule has 1 aliphatic carbocycles. The van der Waals surface area contributed by atoms with Gasteiger partial charge in [0.2, 0.25) is 0 Å². The summed E-state index contributed by atoms with van der Waals surface area (Å²) >= 11 is 0. The number of amides is 1. The Morgan fingerprint density at radius 3 is 2.78 bits per heavy atom. The minimum atomic E-state index is -0.180. The molecule has 1 fully saturated rings. The molecule has 0 bridgehead atoms. The van der Waals surface area contributed by atoms with E-state index in [1.807, 2.05) is 0 Å². The van der Waals surface area contributed by atoms with Crippen molar-refractivity contribution in [2.24, 2.45) is 11.0 Å². The minimum Gasteiger partial charge on any atom is -0.399 e. The van der Waals surface area contributed by atoms with Gasteiger partial charge in [-0.25, -0.2) is 5.43 Å². The van der Waals surface area contributed by atoms with Crippen molar-refractivity contribution in [1.29, 1.82) is 0 Å². The lowest BCUT2D eigenvalue weighted by Gasteiger charge is -2.18. The summed E-state index contributed by atoms with van der Waals surface area (Å²) in [7, 11) is 0. The smallest absolute Gasteiger partial charge is 0.271 e. The number of carbonyl (C=O) groups excluding carboxylic acids is 1. The first-order valence-electron chi connectivity index (χ1n) is 6.36. The van der Waals surface area contributed by atoms with Crippen LogP contribution in [0, 0.1) is 5.92 Å². The van der Waals surface area contributed by atoms with E-state index < -0.39 is 0 Å². The van der Waals surface area contributed by atoms with Crippen molar-refractivity contribution in [3.05, 3.63) is 29.8 Å². The molecule has 0 aromatic heterocycles. The van der Waals surface area contributed by atoms with Crippen molar-refractivity contribution in [1.82, 2.24) is 5.43 Å². The quantitative estimate of drug-likeness (QED) is 0.621. The number of nitrogens with one attached hydrogen (secondary N) is 1. The molecule has 1 amide bonds. The lowest BCUT2D eigenvalue weighted by Crippen LogP contribution is -2.22. The van der Waals surface area contributed by atoms with E-state index in [0.29, 0.717) is 17.2 Å². The molecule has 18 heavy (non-hydrogen) atoms. The molecule has 3 N–H and O–H groups in total. The lowest BCUT2D eigenvalue weighted by molar-refractivity contribution is 0.0954. The predicted molar refractivity (Wildman–Crippen MR) is 73.4 cm³/mol. The Kier molecular flexibility index (Phi) is 3.97. The molecular weight excluding hydrogens is 226 g/mol. The molecule has 1 aromatic carbocycles. The third-order valence-corrected chi connectivity index (χ3v) is 3.23. The van der Waals surface area contributed by atoms with Crippen LogP contribution in [0.1, 0.15) is 43.0 Å². The molecule has 0 unspecified atom stereocenters. The van der Waals surface area contributed by atoms with E-state index in [1.54, 1.807) is 24.3 Å². The van der Waals surface area contributed by atoms with E-state index in [2.05, 4.69) is 17.5 Å². The van der Waals surface area contributed by atoms with Gasteiger partial charge < -0.3 is 5.73 Å². The van der Waals surface area contributed by atoms with Gasteiger partial charge in [-0.15, -0.1) is 0 Å². The first kappa shape index (κ1) is 12.6. The molecule has 96 valence electrons. The zero-order valence-electron chi connectivity index (χ0n) is 10.6. The first-order valence-corrected chi connectivity index (χ1v) is 6.36.